The van der Waals surface area contributed by atoms with Gasteiger partial charge >= 0.3 is 6.09 Å². The smallest absolute Gasteiger partial charge is 0.407 e. The number of ketones is 1. The van der Waals surface area contributed by atoms with Crippen molar-refractivity contribution >= 4 is 45.3 Å². The maximum Gasteiger partial charge on any atom is 0.407 e. The van der Waals surface area contributed by atoms with Crippen LogP contribution in [0.4, 0.5) is 10.5 Å². The summed E-state index contributed by atoms with van der Waals surface area (Å²) in [7, 11) is 1.23. The molecule has 0 radical (unpaired) electrons. The molecule has 2 N–H and O–H groups in total. The standard InChI is InChI=1S/C25H29BrN4O5/c1-16(2)22(28-25(34)35-3)24(33)30-15-29(19-7-5-4-6-8-19)14-20(30)23(32)27-13-21(31)17-9-11-18(26)12-10-17/h4-12,16,20,22H,13-15H2,1-3H3,(H,27,32)(H,28,34)/t20-,22-/m0/s1. The maximum atomic E-state index is 13.5. The first-order chi connectivity index (χ1) is 16.7. The predicted octanol–water partition coefficient (Wildman–Crippen LogP) is 2.80. The Morgan fingerprint density at radius 2 is 1.71 bits per heavy atom. The van der Waals surface area contributed by atoms with Crippen molar-refractivity contribution in [1.29, 1.82) is 0 Å². The van der Waals surface area contributed by atoms with Crippen LogP contribution in [0.25, 0.3) is 0 Å². The third-order valence-corrected chi connectivity index (χ3v) is 6.31. The Balaban J connectivity index is 1.78. The van der Waals surface area contributed by atoms with Crippen LogP contribution in [-0.2, 0) is 14.3 Å². The molecule has 0 spiro atoms. The number of halogens is 1. The molecule has 1 heterocycles. The van der Waals surface area contributed by atoms with Gasteiger partial charge in [-0.25, -0.2) is 4.79 Å². The summed E-state index contributed by atoms with van der Waals surface area (Å²) in [6, 6.07) is 14.6. The van der Waals surface area contributed by atoms with Crippen LogP contribution in [-0.4, -0.2) is 67.5 Å². The molecule has 1 aliphatic heterocycles. The molecule has 2 aromatic carbocycles. The van der Waals surface area contributed by atoms with Crippen molar-refractivity contribution < 1.29 is 23.9 Å². The van der Waals surface area contributed by atoms with Gasteiger partial charge in [0.2, 0.25) is 11.8 Å². The number of hydrogen-bond acceptors (Lipinski definition) is 6. The summed E-state index contributed by atoms with van der Waals surface area (Å²) in [5.41, 5.74) is 1.33. The number of rotatable bonds is 8. The zero-order valence-electron chi connectivity index (χ0n) is 19.9. The number of para-hydroxylation sites is 1. The van der Waals surface area contributed by atoms with Crippen LogP contribution in [0.2, 0.25) is 0 Å². The number of anilines is 1. The normalized spacial score (nSPS) is 16.1. The third kappa shape index (κ3) is 6.60. The first-order valence-electron chi connectivity index (χ1n) is 11.2. The second kappa shape index (κ2) is 11.8. The van der Waals surface area contributed by atoms with E-state index in [4.69, 9.17) is 0 Å². The summed E-state index contributed by atoms with van der Waals surface area (Å²) in [6.07, 6.45) is -0.725. The predicted molar refractivity (Wildman–Crippen MR) is 135 cm³/mol. The van der Waals surface area contributed by atoms with E-state index >= 15 is 0 Å². The summed E-state index contributed by atoms with van der Waals surface area (Å²) < 4.78 is 5.52. The van der Waals surface area contributed by atoms with Gasteiger partial charge in [0.1, 0.15) is 12.1 Å². The summed E-state index contributed by atoms with van der Waals surface area (Å²) in [4.78, 5) is 54.4. The molecule has 0 unspecified atom stereocenters. The Hall–Kier alpha value is -3.40. The number of carbonyl (C=O) groups excluding carboxylic acids is 4. The van der Waals surface area contributed by atoms with Crippen LogP contribution < -0.4 is 15.5 Å². The lowest BCUT2D eigenvalue weighted by Gasteiger charge is -2.29. The van der Waals surface area contributed by atoms with Crippen LogP contribution in [0.15, 0.2) is 59.1 Å². The molecule has 1 fully saturated rings. The van der Waals surface area contributed by atoms with Crippen molar-refractivity contribution in [2.24, 2.45) is 5.92 Å². The molecule has 1 saturated heterocycles. The highest BCUT2D eigenvalue weighted by Crippen LogP contribution is 2.24. The molecule has 1 aliphatic rings. The van der Waals surface area contributed by atoms with Gasteiger partial charge in [-0.05, 0) is 30.2 Å². The van der Waals surface area contributed by atoms with E-state index in [-0.39, 0.29) is 31.5 Å². The molecule has 0 bridgehead atoms. The average molecular weight is 545 g/mol. The SMILES string of the molecule is COC(=O)N[C@H](C(=O)N1CN(c2ccccc2)C[C@H]1C(=O)NCC(=O)c1ccc(Br)cc1)C(C)C. The summed E-state index contributed by atoms with van der Waals surface area (Å²) in [5.74, 6) is -1.32. The van der Waals surface area contributed by atoms with Crippen molar-refractivity contribution in [3.8, 4) is 0 Å². The van der Waals surface area contributed by atoms with Gasteiger partial charge in [-0.2, -0.15) is 0 Å². The van der Waals surface area contributed by atoms with Gasteiger partial charge in [0.25, 0.3) is 0 Å². The van der Waals surface area contributed by atoms with E-state index in [1.165, 1.54) is 12.0 Å². The molecule has 3 amide bonds. The van der Waals surface area contributed by atoms with Crippen LogP contribution in [0, 0.1) is 5.92 Å². The molecule has 186 valence electrons. The van der Waals surface area contributed by atoms with E-state index in [0.717, 1.165) is 10.2 Å². The molecule has 0 saturated carbocycles. The second-order valence-electron chi connectivity index (χ2n) is 8.53. The largest absolute Gasteiger partial charge is 0.453 e. The van der Waals surface area contributed by atoms with Crippen LogP contribution in [0.1, 0.15) is 24.2 Å². The fraction of sp³-hybridized carbons (Fsp3) is 0.360. The van der Waals surface area contributed by atoms with Gasteiger partial charge in [-0.3, -0.25) is 14.4 Å². The fourth-order valence-corrected chi connectivity index (χ4v) is 4.09. The van der Waals surface area contributed by atoms with Crippen molar-refractivity contribution in [2.45, 2.75) is 25.9 Å². The summed E-state index contributed by atoms with van der Waals surface area (Å²) in [6.45, 7) is 3.81. The fourth-order valence-electron chi connectivity index (χ4n) is 3.82. The van der Waals surface area contributed by atoms with Gasteiger partial charge in [0.05, 0.1) is 20.3 Å². The summed E-state index contributed by atoms with van der Waals surface area (Å²) >= 11 is 3.33. The quantitative estimate of drug-likeness (QED) is 0.494. The van der Waals surface area contributed by atoms with Gasteiger partial charge in [0, 0.05) is 22.3 Å². The van der Waals surface area contributed by atoms with E-state index < -0.39 is 30.0 Å². The first kappa shape index (κ1) is 26.2. The topological polar surface area (TPSA) is 108 Å². The number of nitrogens with zero attached hydrogens (tertiary/aromatic N) is 2. The number of carbonyl (C=O) groups is 4. The van der Waals surface area contributed by atoms with Crippen molar-refractivity contribution in [3.63, 3.8) is 0 Å². The zero-order chi connectivity index (χ0) is 25.5. The second-order valence-corrected chi connectivity index (χ2v) is 9.44. The van der Waals surface area contributed by atoms with E-state index in [9.17, 15) is 19.2 Å². The zero-order valence-corrected chi connectivity index (χ0v) is 21.4. The number of benzene rings is 2. The third-order valence-electron chi connectivity index (χ3n) is 5.78. The molecular weight excluding hydrogens is 516 g/mol. The Labute approximate surface area is 212 Å². The number of hydrogen-bond donors (Lipinski definition) is 2. The molecule has 35 heavy (non-hydrogen) atoms. The molecule has 2 atom stereocenters. The van der Waals surface area contributed by atoms with E-state index in [1.807, 2.05) is 35.2 Å². The molecule has 3 rings (SSSR count). The highest BCUT2D eigenvalue weighted by molar-refractivity contribution is 9.10. The van der Waals surface area contributed by atoms with Gasteiger partial charge < -0.3 is 25.2 Å². The van der Waals surface area contributed by atoms with Crippen LogP contribution in [0.3, 0.4) is 0 Å². The molecule has 9 nitrogen and oxygen atoms in total. The molecule has 0 aliphatic carbocycles. The Morgan fingerprint density at radius 3 is 2.31 bits per heavy atom. The molecule has 10 heteroatoms. The first-order valence-corrected chi connectivity index (χ1v) is 12.0. The highest BCUT2D eigenvalue weighted by Gasteiger charge is 2.42. The minimum atomic E-state index is -0.877. The van der Waals surface area contributed by atoms with Gasteiger partial charge in [-0.15, -0.1) is 0 Å². The van der Waals surface area contributed by atoms with E-state index in [0.29, 0.717) is 5.56 Å². The van der Waals surface area contributed by atoms with Crippen molar-refractivity contribution in [3.05, 3.63) is 64.6 Å². The monoisotopic (exact) mass is 544 g/mol. The lowest BCUT2D eigenvalue weighted by atomic mass is 10.0. The maximum absolute atomic E-state index is 13.5. The number of Topliss-reactive ketones (excluding diaryl/α,β-unsaturated/α-hetero) is 1. The average Bonchev–Trinajstić information content (AvgIpc) is 3.31. The van der Waals surface area contributed by atoms with E-state index in [1.54, 1.807) is 38.1 Å². The van der Waals surface area contributed by atoms with Crippen LogP contribution >= 0.6 is 15.9 Å². The van der Waals surface area contributed by atoms with Crippen molar-refractivity contribution in [1.82, 2.24) is 15.5 Å². The highest BCUT2D eigenvalue weighted by atomic mass is 79.9. The molecular formula is C25H29BrN4O5. The lowest BCUT2D eigenvalue weighted by Crippen LogP contribution is -2.56. The number of alkyl carbamates (subject to hydrolysis) is 1. The number of methoxy groups -OCH3 is 1. The van der Waals surface area contributed by atoms with Gasteiger partial charge in [-0.1, -0.05) is 60.1 Å². The lowest BCUT2D eigenvalue weighted by molar-refractivity contribution is -0.140. The van der Waals surface area contributed by atoms with E-state index in [2.05, 4.69) is 31.3 Å². The summed E-state index contributed by atoms with van der Waals surface area (Å²) in [5, 5.41) is 5.25. The Kier molecular flexibility index (Phi) is 8.86. The van der Waals surface area contributed by atoms with Gasteiger partial charge in [0.15, 0.2) is 5.78 Å². The number of ether oxygens (including phenoxy) is 1. The number of nitrogens with one attached hydrogen (secondary N) is 2. The van der Waals surface area contributed by atoms with Crippen LogP contribution in [0.5, 0.6) is 0 Å². The minimum absolute atomic E-state index is 0.160. The minimum Gasteiger partial charge on any atom is -0.453 e. The Bertz CT molecular complexity index is 1060. The van der Waals surface area contributed by atoms with Crippen molar-refractivity contribution in [2.75, 3.05) is 31.8 Å². The number of amides is 3. The Morgan fingerprint density at radius 1 is 1.06 bits per heavy atom. The molecule has 0 aromatic heterocycles. The molecule has 2 aromatic rings.